The van der Waals surface area contributed by atoms with Crippen molar-refractivity contribution < 1.29 is 13.2 Å². The average Bonchev–Trinajstić information content (AvgIpc) is 2.34. The normalized spacial score (nSPS) is 14.5. The summed E-state index contributed by atoms with van der Waals surface area (Å²) in [7, 11) is 0. The Labute approximate surface area is 77.6 Å². The summed E-state index contributed by atoms with van der Waals surface area (Å²) in [5.41, 5.74) is 5.06. The molecule has 1 aromatic rings. The molecule has 74 valence electrons. The Kier molecular flexibility index (Phi) is 2.92. The van der Waals surface area contributed by atoms with E-state index >= 15 is 0 Å². The molecule has 1 rings (SSSR count). The maximum absolute atomic E-state index is 12.3. The van der Waals surface area contributed by atoms with Crippen molar-refractivity contribution in [2.75, 3.05) is 6.54 Å². The maximum atomic E-state index is 12.3. The van der Waals surface area contributed by atoms with E-state index in [1.54, 1.807) is 6.92 Å². The van der Waals surface area contributed by atoms with Crippen molar-refractivity contribution in [3.63, 3.8) is 0 Å². The van der Waals surface area contributed by atoms with Crippen molar-refractivity contribution in [2.24, 2.45) is 5.73 Å². The molecule has 0 saturated carbocycles. The van der Waals surface area contributed by atoms with Gasteiger partial charge in [0, 0.05) is 17.6 Å². The van der Waals surface area contributed by atoms with E-state index in [1.165, 1.54) is 6.20 Å². The second-order valence-electron chi connectivity index (χ2n) is 2.61. The second kappa shape index (κ2) is 3.63. The van der Waals surface area contributed by atoms with Gasteiger partial charge in [-0.1, -0.05) is 0 Å². The highest BCUT2D eigenvalue weighted by Gasteiger charge is 2.40. The summed E-state index contributed by atoms with van der Waals surface area (Å²) in [6, 6.07) is 0. The molecule has 1 aromatic heterocycles. The van der Waals surface area contributed by atoms with Crippen LogP contribution in [0.25, 0.3) is 0 Å². The van der Waals surface area contributed by atoms with E-state index in [1.807, 2.05) is 0 Å². The number of nitrogens with zero attached hydrogens (tertiary/aromatic N) is 1. The number of aryl methyl sites for hydroxylation is 1. The van der Waals surface area contributed by atoms with E-state index in [2.05, 4.69) is 4.98 Å². The zero-order valence-corrected chi connectivity index (χ0v) is 7.75. The Morgan fingerprint density at radius 1 is 1.62 bits per heavy atom. The highest BCUT2D eigenvalue weighted by molar-refractivity contribution is 7.11. The van der Waals surface area contributed by atoms with Crippen LogP contribution in [0.1, 0.15) is 15.8 Å². The van der Waals surface area contributed by atoms with Gasteiger partial charge in [-0.15, -0.1) is 11.3 Å². The highest BCUT2D eigenvalue weighted by atomic mass is 32.1. The van der Waals surface area contributed by atoms with Gasteiger partial charge in [0.05, 0.1) is 5.01 Å². The molecule has 0 amide bonds. The molecule has 0 aliphatic rings. The van der Waals surface area contributed by atoms with Crippen molar-refractivity contribution in [1.82, 2.24) is 4.98 Å². The molecule has 0 aliphatic carbocycles. The van der Waals surface area contributed by atoms with E-state index in [-0.39, 0.29) is 4.88 Å². The molecular formula is C7H9F3N2S. The monoisotopic (exact) mass is 210 g/mol. The number of rotatable bonds is 2. The van der Waals surface area contributed by atoms with E-state index in [0.29, 0.717) is 5.01 Å². The molecule has 0 aliphatic heterocycles. The molecular weight excluding hydrogens is 201 g/mol. The van der Waals surface area contributed by atoms with Gasteiger partial charge in [-0.2, -0.15) is 13.2 Å². The first-order valence-electron chi connectivity index (χ1n) is 3.64. The van der Waals surface area contributed by atoms with E-state index in [0.717, 1.165) is 11.3 Å². The van der Waals surface area contributed by atoms with Crippen LogP contribution in [0.3, 0.4) is 0 Å². The summed E-state index contributed by atoms with van der Waals surface area (Å²) < 4.78 is 36.9. The van der Waals surface area contributed by atoms with Gasteiger partial charge in [0.15, 0.2) is 0 Å². The first-order chi connectivity index (χ1) is 5.95. The molecule has 0 saturated heterocycles. The molecule has 2 N–H and O–H groups in total. The van der Waals surface area contributed by atoms with Crippen LogP contribution in [0.5, 0.6) is 0 Å². The first kappa shape index (κ1) is 10.5. The van der Waals surface area contributed by atoms with Crippen molar-refractivity contribution >= 4 is 11.3 Å². The fraction of sp³-hybridized carbons (Fsp3) is 0.571. The molecule has 13 heavy (non-hydrogen) atoms. The third-order valence-corrected chi connectivity index (χ3v) is 2.64. The SMILES string of the molecule is Cc1ncc(C(CN)C(F)(F)F)s1. The van der Waals surface area contributed by atoms with Gasteiger partial charge in [-0.05, 0) is 6.92 Å². The predicted octanol–water partition coefficient (Wildman–Crippen LogP) is 2.06. The smallest absolute Gasteiger partial charge is 0.329 e. The summed E-state index contributed by atoms with van der Waals surface area (Å²) in [5.74, 6) is -1.57. The number of aromatic nitrogens is 1. The Hall–Kier alpha value is -0.620. The number of thiazole rings is 1. The molecule has 0 aromatic carbocycles. The lowest BCUT2D eigenvalue weighted by Gasteiger charge is -2.15. The highest BCUT2D eigenvalue weighted by Crippen LogP contribution is 2.36. The largest absolute Gasteiger partial charge is 0.397 e. The molecule has 0 radical (unpaired) electrons. The van der Waals surface area contributed by atoms with E-state index < -0.39 is 18.6 Å². The molecule has 0 fully saturated rings. The summed E-state index contributed by atoms with van der Waals surface area (Å²) >= 11 is 1.04. The minimum Gasteiger partial charge on any atom is -0.329 e. The van der Waals surface area contributed by atoms with Crippen LogP contribution in [-0.2, 0) is 0 Å². The Morgan fingerprint density at radius 2 is 2.23 bits per heavy atom. The van der Waals surface area contributed by atoms with Crippen LogP contribution in [-0.4, -0.2) is 17.7 Å². The van der Waals surface area contributed by atoms with Gasteiger partial charge in [0.2, 0.25) is 0 Å². The fourth-order valence-electron chi connectivity index (χ4n) is 0.950. The van der Waals surface area contributed by atoms with Crippen LogP contribution >= 0.6 is 11.3 Å². The lowest BCUT2D eigenvalue weighted by Crippen LogP contribution is -2.27. The standard InChI is InChI=1S/C7H9F3N2S/c1-4-12-3-6(13-4)5(2-11)7(8,9)10/h3,5H,2,11H2,1H3. The molecule has 1 atom stereocenters. The topological polar surface area (TPSA) is 38.9 Å². The molecule has 2 nitrogen and oxygen atoms in total. The lowest BCUT2D eigenvalue weighted by atomic mass is 10.1. The van der Waals surface area contributed by atoms with Gasteiger partial charge in [-0.25, -0.2) is 4.98 Å². The number of hydrogen-bond donors (Lipinski definition) is 1. The van der Waals surface area contributed by atoms with Gasteiger partial charge in [0.25, 0.3) is 0 Å². The quantitative estimate of drug-likeness (QED) is 0.811. The Morgan fingerprint density at radius 3 is 2.54 bits per heavy atom. The van der Waals surface area contributed by atoms with E-state index in [4.69, 9.17) is 5.73 Å². The predicted molar refractivity (Wildman–Crippen MR) is 44.7 cm³/mol. The molecule has 1 heterocycles. The Balaban J connectivity index is 2.91. The molecule has 1 unspecified atom stereocenters. The van der Waals surface area contributed by atoms with Gasteiger partial charge in [-0.3, -0.25) is 0 Å². The van der Waals surface area contributed by atoms with Crippen LogP contribution in [0, 0.1) is 6.92 Å². The van der Waals surface area contributed by atoms with Crippen molar-refractivity contribution in [1.29, 1.82) is 0 Å². The number of nitrogens with two attached hydrogens (primary N) is 1. The van der Waals surface area contributed by atoms with Gasteiger partial charge >= 0.3 is 6.18 Å². The Bertz CT molecular complexity index is 282. The minimum absolute atomic E-state index is 0.188. The van der Waals surface area contributed by atoms with Gasteiger partial charge in [0.1, 0.15) is 5.92 Å². The minimum atomic E-state index is -4.27. The zero-order chi connectivity index (χ0) is 10.1. The van der Waals surface area contributed by atoms with Crippen molar-refractivity contribution in [3.8, 4) is 0 Å². The number of hydrogen-bond acceptors (Lipinski definition) is 3. The van der Waals surface area contributed by atoms with E-state index in [9.17, 15) is 13.2 Å². The van der Waals surface area contributed by atoms with Crippen molar-refractivity contribution in [2.45, 2.75) is 19.0 Å². The zero-order valence-electron chi connectivity index (χ0n) is 6.93. The summed E-state index contributed by atoms with van der Waals surface area (Å²) in [6.07, 6.45) is -3.03. The summed E-state index contributed by atoms with van der Waals surface area (Å²) in [5, 5.41) is 0.623. The molecule has 0 spiro atoms. The summed E-state index contributed by atoms with van der Waals surface area (Å²) in [4.78, 5) is 3.95. The van der Waals surface area contributed by atoms with Crippen molar-refractivity contribution in [3.05, 3.63) is 16.1 Å². The molecule has 0 bridgehead atoms. The molecule has 6 heteroatoms. The van der Waals surface area contributed by atoms with Gasteiger partial charge < -0.3 is 5.73 Å². The second-order valence-corrected chi connectivity index (χ2v) is 3.88. The fourth-order valence-corrected chi connectivity index (χ4v) is 1.87. The third-order valence-electron chi connectivity index (χ3n) is 1.61. The maximum Gasteiger partial charge on any atom is 0.397 e. The van der Waals surface area contributed by atoms with Crippen LogP contribution in [0.4, 0.5) is 13.2 Å². The van der Waals surface area contributed by atoms with Crippen LogP contribution in [0.2, 0.25) is 0 Å². The number of alkyl halides is 3. The summed E-state index contributed by atoms with van der Waals surface area (Å²) in [6.45, 7) is 1.24. The number of halogens is 3. The van der Waals surface area contributed by atoms with Crippen LogP contribution in [0.15, 0.2) is 6.20 Å². The lowest BCUT2D eigenvalue weighted by molar-refractivity contribution is -0.147. The first-order valence-corrected chi connectivity index (χ1v) is 4.46. The third kappa shape index (κ3) is 2.41. The average molecular weight is 210 g/mol. The van der Waals surface area contributed by atoms with Crippen LogP contribution < -0.4 is 5.73 Å².